The summed E-state index contributed by atoms with van der Waals surface area (Å²) in [5.74, 6) is 3.41. The fourth-order valence-corrected chi connectivity index (χ4v) is 6.48. The first-order valence-corrected chi connectivity index (χ1v) is 21.2. The van der Waals surface area contributed by atoms with E-state index in [-0.39, 0.29) is 10.0 Å². The van der Waals surface area contributed by atoms with Crippen LogP contribution in [0.3, 0.4) is 0 Å². The molecule has 3 rings (SSSR count). The summed E-state index contributed by atoms with van der Waals surface area (Å²) in [6.45, 7) is 19.5. The van der Waals surface area contributed by atoms with Gasteiger partial charge in [-0.05, 0) is 75.7 Å². The maximum Gasteiger partial charge on any atom is 0.146 e. The van der Waals surface area contributed by atoms with Crippen molar-refractivity contribution in [1.82, 2.24) is 0 Å². The topological polar surface area (TPSA) is 18.5 Å². The predicted octanol–water partition coefficient (Wildman–Crippen LogP) is 13.0. The van der Waals surface area contributed by atoms with Gasteiger partial charge in [-0.3, -0.25) is 10.0 Å². The molecule has 2 aromatic heterocycles. The highest BCUT2D eigenvalue weighted by Crippen LogP contribution is 2.49. The molecule has 2 unspecified atom stereocenters. The Hall–Kier alpha value is -0.910. The zero-order valence-corrected chi connectivity index (χ0v) is 31.3. The Morgan fingerprint density at radius 1 is 0.610 bits per heavy atom. The monoisotopic (exact) mass is 624 g/mol. The third-order valence-electron chi connectivity index (χ3n) is 7.13. The summed E-state index contributed by atoms with van der Waals surface area (Å²) in [5.41, 5.74) is 0. The molecule has 0 spiro atoms. The van der Waals surface area contributed by atoms with E-state index in [0.29, 0.717) is 11.8 Å². The highest BCUT2D eigenvalue weighted by Gasteiger charge is 2.22. The molecule has 0 radical (unpaired) electrons. The number of unbranched alkanes of at least 4 members (excludes halogenated alkanes) is 3. The average molecular weight is 625 g/mol. The fraction of sp³-hybridized carbons (Fsp3) is 0.722. The van der Waals surface area contributed by atoms with Gasteiger partial charge < -0.3 is 9.47 Å². The Kier molecular flexibility index (Phi) is 18.7. The minimum Gasteiger partial charge on any atom is -0.491 e. The van der Waals surface area contributed by atoms with E-state index in [0.717, 1.165) is 24.7 Å². The standard InChI is InChI=1S/C28H42O2S2.C4H12S.C4H10/c1-7-11-13-21(9-3)17-29-25-23-15-19(5)32-28(23)26(24-16-20(6)31-27(24)25)30-18-22(10-4)14-12-8-2;1-5(2,3)4;1-3-4-2/h15-16,21-22H,7-14,17-18H2,1-6H3;1-4H3;3-4H2,1-2H3. The van der Waals surface area contributed by atoms with Crippen molar-refractivity contribution in [3.63, 3.8) is 0 Å². The molecule has 0 saturated carbocycles. The SMILES string of the molecule is CCCC.CCCCC(CC)COc1c2cc(C)sc2c(OCC(CC)CCCC)c2cc(C)sc12.CS(C)(C)C. The Morgan fingerprint density at radius 2 is 0.951 bits per heavy atom. The van der Waals surface area contributed by atoms with E-state index in [1.807, 2.05) is 22.7 Å². The van der Waals surface area contributed by atoms with Crippen LogP contribution in [0.1, 0.15) is 116 Å². The van der Waals surface area contributed by atoms with Crippen molar-refractivity contribution in [2.24, 2.45) is 11.8 Å². The maximum absolute atomic E-state index is 6.63. The predicted molar refractivity (Wildman–Crippen MR) is 196 cm³/mol. The van der Waals surface area contributed by atoms with E-state index >= 15 is 0 Å². The van der Waals surface area contributed by atoms with Gasteiger partial charge in [-0.2, -0.15) is 0 Å². The van der Waals surface area contributed by atoms with Crippen LogP contribution in [0.5, 0.6) is 11.5 Å². The molecule has 0 bridgehead atoms. The lowest BCUT2D eigenvalue weighted by molar-refractivity contribution is 0.235. The van der Waals surface area contributed by atoms with Gasteiger partial charge in [0.1, 0.15) is 11.5 Å². The summed E-state index contributed by atoms with van der Waals surface area (Å²) in [5, 5.41) is 2.48. The lowest BCUT2D eigenvalue weighted by Gasteiger charge is -2.19. The first kappa shape index (κ1) is 38.1. The molecule has 0 N–H and O–H groups in total. The van der Waals surface area contributed by atoms with Crippen molar-refractivity contribution in [2.45, 2.75) is 120 Å². The molecule has 0 aliphatic carbocycles. The van der Waals surface area contributed by atoms with E-state index in [2.05, 4.69) is 92.5 Å². The number of aryl methyl sites for hydroxylation is 2. The largest absolute Gasteiger partial charge is 0.491 e. The summed E-state index contributed by atoms with van der Waals surface area (Å²) in [7, 11) is -0.167. The maximum atomic E-state index is 6.63. The van der Waals surface area contributed by atoms with Crippen molar-refractivity contribution in [3.8, 4) is 11.5 Å². The van der Waals surface area contributed by atoms with Crippen molar-refractivity contribution in [1.29, 1.82) is 0 Å². The molecule has 0 aliphatic rings. The van der Waals surface area contributed by atoms with Crippen LogP contribution in [0, 0.1) is 25.7 Å². The zero-order valence-electron chi connectivity index (χ0n) is 28.8. The second-order valence-electron chi connectivity index (χ2n) is 12.8. The van der Waals surface area contributed by atoms with Gasteiger partial charge in [-0.25, -0.2) is 0 Å². The first-order chi connectivity index (χ1) is 19.4. The number of fused-ring (bicyclic) bond motifs is 2. The fourth-order valence-electron chi connectivity index (χ4n) is 4.43. The van der Waals surface area contributed by atoms with Crippen molar-refractivity contribution in [2.75, 3.05) is 38.2 Å². The van der Waals surface area contributed by atoms with Crippen molar-refractivity contribution in [3.05, 3.63) is 21.9 Å². The van der Waals surface area contributed by atoms with Crippen LogP contribution in [0.15, 0.2) is 12.1 Å². The van der Waals surface area contributed by atoms with Crippen LogP contribution in [0.2, 0.25) is 0 Å². The van der Waals surface area contributed by atoms with Gasteiger partial charge in [0.2, 0.25) is 0 Å². The second kappa shape index (κ2) is 20.1. The molecule has 0 amide bonds. The average Bonchev–Trinajstić information content (AvgIpc) is 3.50. The summed E-state index contributed by atoms with van der Waals surface area (Å²) in [4.78, 5) is 2.64. The Bertz CT molecular complexity index is 965. The quantitative estimate of drug-likeness (QED) is 0.167. The Labute approximate surface area is 264 Å². The van der Waals surface area contributed by atoms with Crippen LogP contribution in [-0.2, 0) is 0 Å². The van der Waals surface area contributed by atoms with E-state index < -0.39 is 0 Å². The van der Waals surface area contributed by atoms with Crippen LogP contribution in [0.25, 0.3) is 20.2 Å². The molecular weight excluding hydrogens is 561 g/mol. The summed E-state index contributed by atoms with van der Waals surface area (Å²) >= 11 is 3.70. The Morgan fingerprint density at radius 3 is 1.22 bits per heavy atom. The molecule has 41 heavy (non-hydrogen) atoms. The number of hydrogen-bond acceptors (Lipinski definition) is 4. The molecule has 0 fully saturated rings. The number of benzene rings is 1. The van der Waals surface area contributed by atoms with Crippen LogP contribution in [-0.4, -0.2) is 38.2 Å². The third-order valence-corrected chi connectivity index (χ3v) is 9.22. The highest BCUT2D eigenvalue weighted by molar-refractivity contribution is 8.31. The zero-order chi connectivity index (χ0) is 31.0. The molecule has 3 aromatic rings. The van der Waals surface area contributed by atoms with Gasteiger partial charge in [0.05, 0.1) is 22.6 Å². The molecule has 0 aliphatic heterocycles. The molecule has 0 saturated heterocycles. The molecule has 2 heterocycles. The van der Waals surface area contributed by atoms with Gasteiger partial charge in [-0.15, -0.1) is 22.7 Å². The smallest absolute Gasteiger partial charge is 0.146 e. The minimum absolute atomic E-state index is 0.167. The lowest BCUT2D eigenvalue weighted by atomic mass is 10.0. The van der Waals surface area contributed by atoms with Crippen LogP contribution >= 0.6 is 32.7 Å². The third kappa shape index (κ3) is 13.9. The van der Waals surface area contributed by atoms with Gasteiger partial charge in [0.15, 0.2) is 0 Å². The summed E-state index contributed by atoms with van der Waals surface area (Å²) in [6.07, 6.45) is 21.7. The molecular formula is C36H64O2S3. The number of hydrogen-bond donors (Lipinski definition) is 0. The van der Waals surface area contributed by atoms with Gasteiger partial charge in [0.25, 0.3) is 0 Å². The molecule has 1 aromatic carbocycles. The van der Waals surface area contributed by atoms with Crippen LogP contribution < -0.4 is 9.47 Å². The van der Waals surface area contributed by atoms with Crippen LogP contribution in [0.4, 0.5) is 0 Å². The molecule has 5 heteroatoms. The molecule has 238 valence electrons. The van der Waals surface area contributed by atoms with E-state index in [9.17, 15) is 0 Å². The second-order valence-corrected chi connectivity index (χ2v) is 20.2. The van der Waals surface area contributed by atoms with Crippen molar-refractivity contribution >= 4 is 52.9 Å². The minimum atomic E-state index is -0.167. The van der Waals surface area contributed by atoms with Gasteiger partial charge in [0, 0.05) is 20.5 Å². The van der Waals surface area contributed by atoms with E-state index in [1.165, 1.54) is 94.1 Å². The summed E-state index contributed by atoms with van der Waals surface area (Å²) in [6, 6.07) is 4.61. The number of ether oxygens (including phenoxy) is 2. The lowest BCUT2D eigenvalue weighted by Crippen LogP contribution is -2.12. The normalized spacial score (nSPS) is 13.3. The number of thiophene rings is 2. The van der Waals surface area contributed by atoms with Gasteiger partial charge >= 0.3 is 0 Å². The number of rotatable bonds is 15. The van der Waals surface area contributed by atoms with Gasteiger partial charge in [-0.1, -0.05) is 92.9 Å². The highest BCUT2D eigenvalue weighted by atomic mass is 32.3. The first-order valence-electron chi connectivity index (χ1n) is 16.3. The van der Waals surface area contributed by atoms with E-state index in [4.69, 9.17) is 9.47 Å². The molecule has 2 atom stereocenters. The van der Waals surface area contributed by atoms with Crippen molar-refractivity contribution < 1.29 is 9.47 Å². The van der Waals surface area contributed by atoms with E-state index in [1.54, 1.807) is 0 Å². The summed E-state index contributed by atoms with van der Waals surface area (Å²) < 4.78 is 15.8. The Balaban J connectivity index is 0.000000814. The molecule has 2 nitrogen and oxygen atoms in total.